The maximum Gasteiger partial charge on any atom is 0.258 e. The lowest BCUT2D eigenvalue weighted by atomic mass is 9.92. The van der Waals surface area contributed by atoms with Crippen LogP contribution in [0.15, 0.2) is 36.4 Å². The van der Waals surface area contributed by atoms with Gasteiger partial charge in [0.25, 0.3) is 17.7 Å². The number of nitrogens with zero attached hydrogens (tertiary/aromatic N) is 3. The van der Waals surface area contributed by atoms with Gasteiger partial charge in [0.05, 0.1) is 21.7 Å². The molecule has 1 atom stereocenters. The van der Waals surface area contributed by atoms with Gasteiger partial charge in [0.1, 0.15) is 5.82 Å². The first-order chi connectivity index (χ1) is 19.3. The highest BCUT2D eigenvalue weighted by Crippen LogP contribution is 2.34. The lowest BCUT2D eigenvalue weighted by Crippen LogP contribution is -2.61. The van der Waals surface area contributed by atoms with E-state index in [1.165, 1.54) is 30.0 Å². The molecule has 2 amide bonds. The van der Waals surface area contributed by atoms with Crippen LogP contribution in [0.2, 0.25) is 10.0 Å². The van der Waals surface area contributed by atoms with Crippen LogP contribution in [0.1, 0.15) is 48.5 Å². The van der Waals surface area contributed by atoms with E-state index in [4.69, 9.17) is 23.2 Å². The van der Waals surface area contributed by atoms with Crippen molar-refractivity contribution in [3.8, 4) is 0 Å². The molecule has 3 fully saturated rings. The predicted molar refractivity (Wildman–Crippen MR) is 161 cm³/mol. The summed E-state index contributed by atoms with van der Waals surface area (Å²) in [5.41, 5.74) is -0.773. The molecule has 0 aromatic heterocycles. The molecule has 5 rings (SSSR count). The average Bonchev–Trinajstić information content (AvgIpc) is 2.89. The Morgan fingerprint density at radius 2 is 1.60 bits per heavy atom. The Hall–Kier alpha value is -2.18. The van der Waals surface area contributed by atoms with Crippen LogP contribution < -0.4 is 5.32 Å². The lowest BCUT2D eigenvalue weighted by molar-refractivity contribution is -0.152. The van der Waals surface area contributed by atoms with Crippen molar-refractivity contribution < 1.29 is 27.9 Å². The third-order valence-electron chi connectivity index (χ3n) is 8.39. The quantitative estimate of drug-likeness (QED) is 0.456. The van der Waals surface area contributed by atoms with Gasteiger partial charge in [0, 0.05) is 63.8 Å². The smallest absolute Gasteiger partial charge is 0.258 e. The minimum atomic E-state index is -2.76. The van der Waals surface area contributed by atoms with Gasteiger partial charge in [-0.3, -0.25) is 14.5 Å². The van der Waals surface area contributed by atoms with Gasteiger partial charge in [-0.05, 0) is 49.6 Å². The van der Waals surface area contributed by atoms with Crippen molar-refractivity contribution in [3.63, 3.8) is 0 Å². The second-order valence-electron chi connectivity index (χ2n) is 11.4. The monoisotopic (exact) mass is 646 g/mol. The number of aliphatic hydroxyl groups is 1. The minimum Gasteiger partial charge on any atom is -0.380 e. The van der Waals surface area contributed by atoms with Crippen molar-refractivity contribution >= 4 is 54.2 Å². The molecule has 0 spiro atoms. The summed E-state index contributed by atoms with van der Waals surface area (Å²) in [4.78, 5) is 31.3. The maximum atomic E-state index is 13.6. The number of rotatable bonds is 6. The van der Waals surface area contributed by atoms with E-state index in [1.54, 1.807) is 23.1 Å². The number of alkyl halides is 2. The number of likely N-dealkylation sites (tertiary alicyclic amines) is 3. The van der Waals surface area contributed by atoms with Crippen LogP contribution in [0.4, 0.5) is 18.9 Å². The van der Waals surface area contributed by atoms with Crippen molar-refractivity contribution in [1.29, 1.82) is 0 Å². The van der Waals surface area contributed by atoms with Crippen LogP contribution in [0.3, 0.4) is 0 Å². The summed E-state index contributed by atoms with van der Waals surface area (Å²) in [5.74, 6) is -4.14. The number of anilines is 1. The number of carbonyl (C=O) groups excluding carboxylic acids is 2. The van der Waals surface area contributed by atoms with Gasteiger partial charge in [-0.1, -0.05) is 35.3 Å². The van der Waals surface area contributed by atoms with E-state index in [1.807, 2.05) is 0 Å². The molecular formula is C29H35Cl2F3N4O3S. The fourth-order valence-corrected chi connectivity index (χ4v) is 6.50. The van der Waals surface area contributed by atoms with Crippen LogP contribution in [0.25, 0.3) is 0 Å². The summed E-state index contributed by atoms with van der Waals surface area (Å²) in [5, 5.41) is 14.6. The Morgan fingerprint density at radius 3 is 2.17 bits per heavy atom. The largest absolute Gasteiger partial charge is 0.380 e. The standard InChI is InChI=1S/C29H33Cl2F3N4O3.H2S/c1-28(41,18-3-2-4-19(32)13-18)27(40)37-9-5-22(6-10-37)38-16-21(17-38)35-20-14-23(30)25(24(31)15-20)26(39)36-11-7-29(33,34)8-12-36;/h2-4,13-15,21-22,35,41H,5-12,16-17H2,1H3;1H2/t28-;/m0./s1. The summed E-state index contributed by atoms with van der Waals surface area (Å²) >= 11 is 12.8. The Morgan fingerprint density at radius 1 is 1.00 bits per heavy atom. The summed E-state index contributed by atoms with van der Waals surface area (Å²) in [6.07, 6.45) is 0.761. The predicted octanol–water partition coefficient (Wildman–Crippen LogP) is 5.11. The van der Waals surface area contributed by atoms with Crippen LogP contribution >= 0.6 is 36.7 Å². The van der Waals surface area contributed by atoms with Gasteiger partial charge in [0.2, 0.25) is 0 Å². The van der Waals surface area contributed by atoms with E-state index in [-0.39, 0.29) is 66.6 Å². The highest BCUT2D eigenvalue weighted by molar-refractivity contribution is 7.59. The first-order valence-electron chi connectivity index (χ1n) is 13.8. The number of amides is 2. The molecule has 230 valence electrons. The average molecular weight is 648 g/mol. The molecule has 2 N–H and O–H groups in total. The molecular weight excluding hydrogens is 612 g/mol. The zero-order valence-electron chi connectivity index (χ0n) is 23.2. The van der Waals surface area contributed by atoms with Gasteiger partial charge in [-0.2, -0.15) is 13.5 Å². The Bertz CT molecular complexity index is 1290. The molecule has 3 heterocycles. The van der Waals surface area contributed by atoms with Crippen LogP contribution in [0.5, 0.6) is 0 Å². The molecule has 42 heavy (non-hydrogen) atoms. The van der Waals surface area contributed by atoms with Crippen molar-refractivity contribution in [2.75, 3.05) is 44.6 Å². The van der Waals surface area contributed by atoms with Gasteiger partial charge in [-0.25, -0.2) is 13.2 Å². The van der Waals surface area contributed by atoms with Gasteiger partial charge in [0.15, 0.2) is 5.60 Å². The summed E-state index contributed by atoms with van der Waals surface area (Å²) in [6, 6.07) is 9.18. The number of piperidine rings is 2. The zero-order valence-corrected chi connectivity index (χ0v) is 25.7. The molecule has 0 radical (unpaired) electrons. The van der Waals surface area contributed by atoms with Gasteiger partial charge >= 0.3 is 0 Å². The molecule has 13 heteroatoms. The van der Waals surface area contributed by atoms with Gasteiger partial charge < -0.3 is 20.2 Å². The van der Waals surface area contributed by atoms with Crippen LogP contribution in [0, 0.1) is 5.82 Å². The number of carbonyl (C=O) groups is 2. The molecule has 0 aliphatic carbocycles. The SMILES string of the molecule is C[C@@](O)(C(=O)N1CCC(N2CC(Nc3cc(Cl)c(C(=O)N4CCC(F)(F)CC4)c(Cl)c3)C2)CC1)c1cccc(F)c1.S. The second-order valence-corrected chi connectivity index (χ2v) is 12.2. The molecule has 3 saturated heterocycles. The van der Waals surface area contributed by atoms with Crippen LogP contribution in [-0.4, -0.2) is 88.9 Å². The fourth-order valence-electron chi connectivity index (χ4n) is 5.85. The molecule has 0 bridgehead atoms. The van der Waals surface area contributed by atoms with E-state index >= 15 is 0 Å². The highest BCUT2D eigenvalue weighted by atomic mass is 35.5. The molecule has 3 aliphatic rings. The second kappa shape index (κ2) is 12.8. The summed E-state index contributed by atoms with van der Waals surface area (Å²) < 4.78 is 40.6. The number of benzene rings is 2. The Labute approximate surface area is 260 Å². The third kappa shape index (κ3) is 6.96. The van der Waals surface area contributed by atoms with Crippen molar-refractivity contribution in [3.05, 3.63) is 63.4 Å². The van der Waals surface area contributed by atoms with E-state index < -0.39 is 29.2 Å². The Balaban J connectivity index is 0.00000405. The van der Waals surface area contributed by atoms with Crippen molar-refractivity contribution in [2.45, 2.75) is 56.2 Å². The topological polar surface area (TPSA) is 76.1 Å². The maximum absolute atomic E-state index is 13.6. The van der Waals surface area contributed by atoms with E-state index in [2.05, 4.69) is 10.2 Å². The van der Waals surface area contributed by atoms with Crippen LogP contribution in [-0.2, 0) is 10.4 Å². The Kier molecular flexibility index (Phi) is 9.99. The van der Waals surface area contributed by atoms with Crippen molar-refractivity contribution in [2.24, 2.45) is 0 Å². The minimum absolute atomic E-state index is 0. The van der Waals surface area contributed by atoms with E-state index in [9.17, 15) is 27.9 Å². The summed E-state index contributed by atoms with van der Waals surface area (Å²) in [6.45, 7) is 3.86. The molecule has 2 aromatic rings. The highest BCUT2D eigenvalue weighted by Gasteiger charge is 2.41. The lowest BCUT2D eigenvalue weighted by Gasteiger charge is -2.48. The molecule has 2 aromatic carbocycles. The van der Waals surface area contributed by atoms with E-state index in [0.717, 1.165) is 25.9 Å². The third-order valence-corrected chi connectivity index (χ3v) is 8.99. The molecule has 3 aliphatic heterocycles. The fraction of sp³-hybridized carbons (Fsp3) is 0.517. The number of halogens is 5. The van der Waals surface area contributed by atoms with E-state index in [0.29, 0.717) is 24.8 Å². The van der Waals surface area contributed by atoms with Gasteiger partial charge in [-0.15, -0.1) is 0 Å². The summed E-state index contributed by atoms with van der Waals surface area (Å²) in [7, 11) is 0. The molecule has 0 saturated carbocycles. The molecule has 0 unspecified atom stereocenters. The number of hydrogen-bond donors (Lipinski definition) is 2. The normalized spacial score (nSPS) is 21.2. The first-order valence-corrected chi connectivity index (χ1v) is 14.5. The zero-order chi connectivity index (χ0) is 29.5. The van der Waals surface area contributed by atoms with Crippen molar-refractivity contribution in [1.82, 2.24) is 14.7 Å². The number of hydrogen-bond acceptors (Lipinski definition) is 5. The first kappa shape index (κ1) is 32.7. The number of nitrogens with one attached hydrogen (secondary N) is 1. The molecule has 7 nitrogen and oxygen atoms in total.